The lowest BCUT2D eigenvalue weighted by Gasteiger charge is -2.34. The van der Waals surface area contributed by atoms with Crippen molar-refractivity contribution in [3.63, 3.8) is 0 Å². The zero-order valence-corrected chi connectivity index (χ0v) is 16.3. The molecule has 1 aromatic carbocycles. The number of fused-ring (bicyclic) bond motifs is 3. The van der Waals surface area contributed by atoms with E-state index in [4.69, 9.17) is 9.47 Å². The maximum atomic E-state index is 12.3. The van der Waals surface area contributed by atoms with E-state index in [0.29, 0.717) is 12.0 Å². The van der Waals surface area contributed by atoms with Crippen LogP contribution in [0, 0.1) is 11.8 Å². The largest absolute Gasteiger partial charge is 0.497 e. The van der Waals surface area contributed by atoms with Crippen molar-refractivity contribution in [3.8, 4) is 0 Å². The van der Waals surface area contributed by atoms with Gasteiger partial charge < -0.3 is 19.1 Å². The Morgan fingerprint density at radius 3 is 2.82 bits per heavy atom. The lowest BCUT2D eigenvalue weighted by molar-refractivity contribution is -0.138. The van der Waals surface area contributed by atoms with Crippen LogP contribution in [0.25, 0.3) is 21.8 Å². The number of hydrogen-bond acceptors (Lipinski definition) is 5. The van der Waals surface area contributed by atoms with Crippen LogP contribution in [-0.4, -0.2) is 40.4 Å². The molecule has 146 valence electrons. The van der Waals surface area contributed by atoms with E-state index < -0.39 is 5.97 Å². The van der Waals surface area contributed by atoms with Gasteiger partial charge in [0.25, 0.3) is 0 Å². The SMILES string of the molecule is COC(=O)C1=CO[C@@H](C)[C@H](CO)[C@@H]1Cc1nccc2c3ccccc3n(C)c12. The number of rotatable bonds is 4. The van der Waals surface area contributed by atoms with Gasteiger partial charge in [-0.3, -0.25) is 4.98 Å². The second kappa shape index (κ2) is 7.28. The van der Waals surface area contributed by atoms with E-state index in [0.717, 1.165) is 22.1 Å². The van der Waals surface area contributed by atoms with Gasteiger partial charge in [0, 0.05) is 41.4 Å². The zero-order chi connectivity index (χ0) is 19.8. The molecule has 0 fully saturated rings. The van der Waals surface area contributed by atoms with Crippen molar-refractivity contribution in [2.24, 2.45) is 18.9 Å². The molecule has 0 aliphatic carbocycles. The van der Waals surface area contributed by atoms with Crippen molar-refractivity contribution in [2.75, 3.05) is 13.7 Å². The summed E-state index contributed by atoms with van der Waals surface area (Å²) in [4.78, 5) is 17.0. The fraction of sp³-hybridized carbons (Fsp3) is 0.364. The van der Waals surface area contributed by atoms with Crippen LogP contribution >= 0.6 is 0 Å². The smallest absolute Gasteiger partial charge is 0.337 e. The average Bonchev–Trinajstić information content (AvgIpc) is 3.01. The van der Waals surface area contributed by atoms with E-state index in [1.165, 1.54) is 18.8 Å². The number of para-hydroxylation sites is 1. The molecule has 28 heavy (non-hydrogen) atoms. The van der Waals surface area contributed by atoms with Crippen molar-refractivity contribution >= 4 is 27.8 Å². The number of benzene rings is 1. The molecule has 4 rings (SSSR count). The molecule has 0 unspecified atom stereocenters. The highest BCUT2D eigenvalue weighted by Gasteiger charge is 2.38. The number of carbonyl (C=O) groups excluding carboxylic acids is 1. The summed E-state index contributed by atoms with van der Waals surface area (Å²) in [5, 5.41) is 12.3. The maximum Gasteiger partial charge on any atom is 0.337 e. The van der Waals surface area contributed by atoms with E-state index in [2.05, 4.69) is 21.7 Å². The third-order valence-corrected chi connectivity index (χ3v) is 5.87. The van der Waals surface area contributed by atoms with Crippen LogP contribution in [-0.2, 0) is 27.7 Å². The number of esters is 1. The van der Waals surface area contributed by atoms with Gasteiger partial charge in [-0.2, -0.15) is 0 Å². The molecule has 1 N–H and O–H groups in total. The minimum Gasteiger partial charge on any atom is -0.497 e. The van der Waals surface area contributed by atoms with E-state index >= 15 is 0 Å². The second-order valence-electron chi connectivity index (χ2n) is 7.29. The Balaban J connectivity index is 1.84. The Bertz CT molecular complexity index is 1070. The molecule has 0 bridgehead atoms. The number of aliphatic hydroxyl groups is 1. The number of carbonyl (C=O) groups is 1. The van der Waals surface area contributed by atoms with Crippen LogP contribution < -0.4 is 0 Å². The third kappa shape index (κ3) is 2.85. The molecule has 0 radical (unpaired) electrons. The summed E-state index contributed by atoms with van der Waals surface area (Å²) in [7, 11) is 3.39. The Labute approximate surface area is 163 Å². The number of aliphatic hydroxyl groups excluding tert-OH is 1. The standard InChI is InChI=1S/C22H24N2O4/c1-13-17(11-25)16(18(12-28-13)22(26)27-3)10-19-21-15(8-9-23-19)14-6-4-5-7-20(14)24(21)2/h4-9,12-13,16-17,25H,10-11H2,1-3H3/t13-,16-,17-/m0/s1. The topological polar surface area (TPSA) is 73.6 Å². The Kier molecular flexibility index (Phi) is 4.81. The molecule has 6 nitrogen and oxygen atoms in total. The summed E-state index contributed by atoms with van der Waals surface area (Å²) in [6.45, 7) is 1.83. The molecule has 0 saturated carbocycles. The number of pyridine rings is 1. The highest BCUT2D eigenvalue weighted by molar-refractivity contribution is 6.08. The highest BCUT2D eigenvalue weighted by atomic mass is 16.5. The van der Waals surface area contributed by atoms with Gasteiger partial charge in [0.1, 0.15) is 6.10 Å². The molecule has 2 aromatic heterocycles. The van der Waals surface area contributed by atoms with Gasteiger partial charge in [-0.15, -0.1) is 0 Å². The molecular weight excluding hydrogens is 356 g/mol. The van der Waals surface area contributed by atoms with Crippen molar-refractivity contribution in [1.82, 2.24) is 9.55 Å². The number of aromatic nitrogens is 2. The summed E-state index contributed by atoms with van der Waals surface area (Å²) in [5.74, 6) is -0.886. The van der Waals surface area contributed by atoms with E-state index in [1.54, 1.807) is 0 Å². The summed E-state index contributed by atoms with van der Waals surface area (Å²) in [6, 6.07) is 10.3. The van der Waals surface area contributed by atoms with E-state index in [9.17, 15) is 9.90 Å². The minimum absolute atomic E-state index is 0.0781. The molecule has 0 amide bonds. The van der Waals surface area contributed by atoms with Crippen molar-refractivity contribution in [3.05, 3.63) is 54.1 Å². The van der Waals surface area contributed by atoms with Crippen LogP contribution in [0.4, 0.5) is 0 Å². The fourth-order valence-electron chi connectivity index (χ4n) is 4.34. The first-order valence-electron chi connectivity index (χ1n) is 9.42. The molecule has 3 atom stereocenters. The van der Waals surface area contributed by atoms with Gasteiger partial charge in [-0.25, -0.2) is 4.79 Å². The van der Waals surface area contributed by atoms with Crippen LogP contribution in [0.15, 0.2) is 48.4 Å². The van der Waals surface area contributed by atoms with Crippen molar-refractivity contribution in [2.45, 2.75) is 19.4 Å². The summed E-state index contributed by atoms with van der Waals surface area (Å²) < 4.78 is 12.7. The summed E-state index contributed by atoms with van der Waals surface area (Å²) in [6.07, 6.45) is 3.61. The molecular formula is C22H24N2O4. The number of methoxy groups -OCH3 is 1. The first-order chi connectivity index (χ1) is 13.6. The minimum atomic E-state index is -0.431. The van der Waals surface area contributed by atoms with Gasteiger partial charge in [-0.05, 0) is 25.5 Å². The Morgan fingerprint density at radius 2 is 2.07 bits per heavy atom. The first kappa shape index (κ1) is 18.5. The van der Waals surface area contributed by atoms with Crippen LogP contribution in [0.3, 0.4) is 0 Å². The summed E-state index contributed by atoms with van der Waals surface area (Å²) in [5.41, 5.74) is 3.51. The number of nitrogens with zero attached hydrogens (tertiary/aromatic N) is 2. The van der Waals surface area contributed by atoms with Crippen LogP contribution in [0.2, 0.25) is 0 Å². The summed E-state index contributed by atoms with van der Waals surface area (Å²) >= 11 is 0. The highest BCUT2D eigenvalue weighted by Crippen LogP contribution is 2.36. The van der Waals surface area contributed by atoms with Gasteiger partial charge in [0.15, 0.2) is 0 Å². The van der Waals surface area contributed by atoms with Crippen LogP contribution in [0.1, 0.15) is 12.6 Å². The monoisotopic (exact) mass is 380 g/mol. The van der Waals surface area contributed by atoms with E-state index in [-0.39, 0.29) is 24.5 Å². The van der Waals surface area contributed by atoms with Gasteiger partial charge >= 0.3 is 5.97 Å². The van der Waals surface area contributed by atoms with Gasteiger partial charge in [-0.1, -0.05) is 18.2 Å². The molecule has 3 heterocycles. The molecule has 0 saturated heterocycles. The zero-order valence-electron chi connectivity index (χ0n) is 16.3. The third-order valence-electron chi connectivity index (χ3n) is 5.87. The average molecular weight is 380 g/mol. The van der Waals surface area contributed by atoms with Crippen LogP contribution in [0.5, 0.6) is 0 Å². The fourth-order valence-corrected chi connectivity index (χ4v) is 4.34. The molecule has 1 aliphatic heterocycles. The van der Waals surface area contributed by atoms with Crippen molar-refractivity contribution < 1.29 is 19.4 Å². The first-order valence-corrected chi connectivity index (χ1v) is 9.42. The van der Waals surface area contributed by atoms with Crippen molar-refractivity contribution in [1.29, 1.82) is 0 Å². The lowest BCUT2D eigenvalue weighted by atomic mass is 9.78. The van der Waals surface area contributed by atoms with Gasteiger partial charge in [0.2, 0.25) is 0 Å². The Morgan fingerprint density at radius 1 is 1.29 bits per heavy atom. The number of ether oxygens (including phenoxy) is 2. The molecule has 0 spiro atoms. The second-order valence-corrected chi connectivity index (χ2v) is 7.29. The molecule has 3 aromatic rings. The predicted molar refractivity (Wildman–Crippen MR) is 107 cm³/mol. The number of hydrogen-bond donors (Lipinski definition) is 1. The molecule has 1 aliphatic rings. The Hall–Kier alpha value is -2.86. The van der Waals surface area contributed by atoms with E-state index in [1.807, 2.05) is 38.4 Å². The lowest BCUT2D eigenvalue weighted by Crippen LogP contribution is -2.38. The molecule has 6 heteroatoms. The van der Waals surface area contributed by atoms with Gasteiger partial charge in [0.05, 0.1) is 36.8 Å². The quantitative estimate of drug-likeness (QED) is 0.705. The number of aryl methyl sites for hydroxylation is 1. The normalized spacial score (nSPS) is 22.1. The maximum absolute atomic E-state index is 12.3. The predicted octanol–water partition coefficient (Wildman–Crippen LogP) is 2.97.